The summed E-state index contributed by atoms with van der Waals surface area (Å²) in [5.41, 5.74) is 1.96. The lowest BCUT2D eigenvalue weighted by molar-refractivity contribution is -0.289. The lowest BCUT2D eigenvalue weighted by Gasteiger charge is -2.43. The zero-order valence-electron chi connectivity index (χ0n) is 30.1. The minimum absolute atomic E-state index is 0.0169. The van der Waals surface area contributed by atoms with E-state index in [2.05, 4.69) is 15.5 Å². The number of hydrogen-bond acceptors (Lipinski definition) is 13. The van der Waals surface area contributed by atoms with Crippen LogP contribution in [-0.2, 0) is 65.3 Å². The molecular weight excluding hydrogens is 670 g/mol. The molecule has 1 amide bonds. The average Bonchev–Trinajstić information content (AvgIpc) is 3.41. The first-order valence-corrected chi connectivity index (χ1v) is 16.5. The molecule has 280 valence electrons. The highest BCUT2D eigenvalue weighted by Gasteiger charge is 2.53. The summed E-state index contributed by atoms with van der Waals surface area (Å²) in [4.78, 5) is 71.7. The van der Waals surface area contributed by atoms with Gasteiger partial charge in [-0.15, -0.1) is 5.10 Å². The number of aromatic amines is 1. The highest BCUT2D eigenvalue weighted by atomic mass is 16.7. The molecule has 1 aliphatic heterocycles. The molecule has 0 spiro atoms. The molecule has 1 saturated heterocycles. The minimum atomic E-state index is -1.45. The Morgan fingerprint density at radius 1 is 0.882 bits per heavy atom. The monoisotopic (exact) mass is 717 g/mol. The van der Waals surface area contributed by atoms with Gasteiger partial charge in [0.05, 0.1) is 0 Å². The Morgan fingerprint density at radius 3 is 2.00 bits per heavy atom. The Balaban J connectivity index is 1.86. The third kappa shape index (κ3) is 11.8. The maximum Gasteiger partial charge on any atom is 0.328 e. The predicted octanol–water partition coefficient (Wildman–Crippen LogP) is 2.89. The van der Waals surface area contributed by atoms with Crippen molar-refractivity contribution in [2.45, 2.75) is 123 Å². The maximum atomic E-state index is 12.3. The van der Waals surface area contributed by atoms with Crippen LogP contribution in [0.3, 0.4) is 0 Å². The molecule has 1 aliphatic rings. The SMILES string of the molecule is CC(=O)OC[C@H]1O[C@@H](Oc2n[nH]c(C(C)C)c2Cc2ccc(CCCC(=O)NC(C)(C)C(=O)O)cc2)[C@H](OC(C)=O)[C@@H](OC(C)=O)[C@H]1OC(C)=O. The molecule has 1 aromatic carbocycles. The largest absolute Gasteiger partial charge is 0.480 e. The number of nitrogens with zero attached hydrogens (tertiary/aromatic N) is 1. The molecule has 3 rings (SSSR count). The third-order valence-electron chi connectivity index (χ3n) is 7.87. The van der Waals surface area contributed by atoms with Gasteiger partial charge in [0, 0.05) is 51.8 Å². The van der Waals surface area contributed by atoms with E-state index in [-0.39, 0.29) is 24.1 Å². The van der Waals surface area contributed by atoms with Crippen molar-refractivity contribution < 1.29 is 62.3 Å². The molecule has 5 atom stereocenters. The van der Waals surface area contributed by atoms with Crippen molar-refractivity contribution in [2.24, 2.45) is 0 Å². The van der Waals surface area contributed by atoms with E-state index in [1.165, 1.54) is 20.8 Å². The Bertz CT molecular complexity index is 1570. The number of benzene rings is 1. The second kappa shape index (κ2) is 17.8. The van der Waals surface area contributed by atoms with Crippen LogP contribution in [-0.4, -0.2) is 93.9 Å². The summed E-state index contributed by atoms with van der Waals surface area (Å²) in [5.74, 6) is -4.28. The highest BCUT2D eigenvalue weighted by Crippen LogP contribution is 2.34. The van der Waals surface area contributed by atoms with Crippen LogP contribution in [0.5, 0.6) is 5.88 Å². The van der Waals surface area contributed by atoms with Gasteiger partial charge in [0.15, 0.2) is 12.2 Å². The Kier molecular flexibility index (Phi) is 14.1. The number of aromatic nitrogens is 2. The van der Waals surface area contributed by atoms with E-state index in [0.717, 1.165) is 37.6 Å². The summed E-state index contributed by atoms with van der Waals surface area (Å²) in [7, 11) is 0. The van der Waals surface area contributed by atoms with Gasteiger partial charge < -0.3 is 38.8 Å². The van der Waals surface area contributed by atoms with Crippen LogP contribution < -0.4 is 10.1 Å². The standard InChI is InChI=1S/C35H47N3O13/c1-18(2)28-25(16-24-14-12-23(13-15-24)10-9-11-27(43)36-35(7,8)34(44)45)32(38-37-28)51-33-31(49-22(6)42)30(48-21(5)41)29(47-20(4)40)26(50-33)17-46-19(3)39/h12-15,18,26,29-31,33H,9-11,16-17H2,1-8H3,(H,36,43)(H,37,38)(H,44,45)/t26-,29+,30+,31-,33+/m1/s1. The number of amides is 1. The lowest BCUT2D eigenvalue weighted by Crippen LogP contribution is -2.63. The second-order valence-electron chi connectivity index (χ2n) is 13.1. The molecule has 51 heavy (non-hydrogen) atoms. The number of esters is 4. The summed E-state index contributed by atoms with van der Waals surface area (Å²) in [6.45, 7) is 11.0. The van der Waals surface area contributed by atoms with Gasteiger partial charge >= 0.3 is 29.8 Å². The van der Waals surface area contributed by atoms with Gasteiger partial charge in [0.25, 0.3) is 0 Å². The molecule has 0 saturated carbocycles. The number of hydrogen-bond donors (Lipinski definition) is 3. The van der Waals surface area contributed by atoms with Crippen molar-refractivity contribution in [1.82, 2.24) is 15.5 Å². The predicted molar refractivity (Wildman–Crippen MR) is 177 cm³/mol. The number of ether oxygens (including phenoxy) is 6. The fraction of sp³-hybridized carbons (Fsp3) is 0.571. The van der Waals surface area contributed by atoms with Crippen LogP contribution in [0.25, 0.3) is 0 Å². The number of rotatable bonds is 16. The lowest BCUT2D eigenvalue weighted by atomic mass is 9.97. The first-order chi connectivity index (χ1) is 23.9. The van der Waals surface area contributed by atoms with Gasteiger partial charge in [-0.25, -0.2) is 4.79 Å². The normalized spacial score (nSPS) is 20.2. The summed E-state index contributed by atoms with van der Waals surface area (Å²) in [6.07, 6.45) is -5.14. The molecule has 0 unspecified atom stereocenters. The van der Waals surface area contributed by atoms with Crippen LogP contribution in [0.2, 0.25) is 0 Å². The van der Waals surface area contributed by atoms with Crippen LogP contribution in [0, 0.1) is 0 Å². The number of nitrogens with one attached hydrogen (secondary N) is 2. The summed E-state index contributed by atoms with van der Waals surface area (Å²) in [5, 5.41) is 19.1. The fourth-order valence-electron chi connectivity index (χ4n) is 5.45. The molecule has 0 radical (unpaired) electrons. The van der Waals surface area contributed by atoms with Gasteiger partial charge in [-0.05, 0) is 43.7 Å². The van der Waals surface area contributed by atoms with E-state index >= 15 is 0 Å². The van der Waals surface area contributed by atoms with Crippen LogP contribution in [0.15, 0.2) is 24.3 Å². The second-order valence-corrected chi connectivity index (χ2v) is 13.1. The summed E-state index contributed by atoms with van der Waals surface area (Å²) >= 11 is 0. The van der Waals surface area contributed by atoms with Crippen LogP contribution in [0.4, 0.5) is 0 Å². The van der Waals surface area contributed by atoms with E-state index < -0.39 is 72.7 Å². The summed E-state index contributed by atoms with van der Waals surface area (Å²) < 4.78 is 34.0. The molecule has 1 aromatic heterocycles. The number of aliphatic carboxylic acids is 1. The van der Waals surface area contributed by atoms with Gasteiger partial charge in [0.1, 0.15) is 18.2 Å². The number of carboxylic acid groups (broad SMARTS) is 1. The van der Waals surface area contributed by atoms with E-state index in [4.69, 9.17) is 28.4 Å². The molecule has 16 heteroatoms. The van der Waals surface area contributed by atoms with Crippen molar-refractivity contribution in [2.75, 3.05) is 6.61 Å². The molecule has 3 N–H and O–H groups in total. The number of aryl methyl sites for hydroxylation is 1. The number of H-pyrrole nitrogens is 1. The van der Waals surface area contributed by atoms with Gasteiger partial charge in [-0.2, -0.15) is 0 Å². The van der Waals surface area contributed by atoms with Gasteiger partial charge in [-0.3, -0.25) is 29.1 Å². The molecule has 2 heterocycles. The van der Waals surface area contributed by atoms with E-state index in [9.17, 15) is 33.9 Å². The molecule has 0 aliphatic carbocycles. The average molecular weight is 718 g/mol. The van der Waals surface area contributed by atoms with Crippen LogP contribution in [0.1, 0.15) is 96.5 Å². The topological polar surface area (TPSA) is 219 Å². The van der Waals surface area contributed by atoms with Gasteiger partial charge in [0.2, 0.25) is 24.2 Å². The zero-order chi connectivity index (χ0) is 38.0. The maximum absolute atomic E-state index is 12.3. The summed E-state index contributed by atoms with van der Waals surface area (Å²) in [6, 6.07) is 7.73. The van der Waals surface area contributed by atoms with Gasteiger partial charge in [-0.1, -0.05) is 38.1 Å². The van der Waals surface area contributed by atoms with Crippen molar-refractivity contribution in [3.63, 3.8) is 0 Å². The quantitative estimate of drug-likeness (QED) is 0.168. The molecule has 16 nitrogen and oxygen atoms in total. The van der Waals surface area contributed by atoms with Crippen molar-refractivity contribution in [3.05, 3.63) is 46.6 Å². The van der Waals surface area contributed by atoms with Crippen LogP contribution >= 0.6 is 0 Å². The molecule has 1 fully saturated rings. The Morgan fingerprint density at radius 2 is 1.45 bits per heavy atom. The fourth-order valence-corrected chi connectivity index (χ4v) is 5.45. The zero-order valence-corrected chi connectivity index (χ0v) is 30.1. The van der Waals surface area contributed by atoms with E-state index in [0.29, 0.717) is 24.8 Å². The van der Waals surface area contributed by atoms with E-state index in [1.54, 1.807) is 0 Å². The van der Waals surface area contributed by atoms with Crippen molar-refractivity contribution in [3.8, 4) is 5.88 Å². The van der Waals surface area contributed by atoms with E-state index in [1.807, 2.05) is 38.1 Å². The number of carboxylic acids is 1. The third-order valence-corrected chi connectivity index (χ3v) is 7.87. The Labute approximate surface area is 295 Å². The van der Waals surface area contributed by atoms with Crippen molar-refractivity contribution in [1.29, 1.82) is 0 Å². The highest BCUT2D eigenvalue weighted by molar-refractivity contribution is 5.86. The first kappa shape index (κ1) is 40.4. The smallest absolute Gasteiger partial charge is 0.328 e. The molecular formula is C35H47N3O13. The number of carbonyl (C=O) groups is 6. The first-order valence-electron chi connectivity index (χ1n) is 16.5. The van der Waals surface area contributed by atoms with Crippen molar-refractivity contribution >= 4 is 35.8 Å². The number of carbonyl (C=O) groups excluding carboxylic acids is 5. The Hall–Kier alpha value is -4.99. The molecule has 0 bridgehead atoms. The minimum Gasteiger partial charge on any atom is -0.480 e. The molecule has 2 aromatic rings.